The molecule has 2 N–H and O–H groups in total. The topological polar surface area (TPSA) is 97.7 Å². The van der Waals surface area contributed by atoms with Crippen molar-refractivity contribution < 1.29 is 14.9 Å². The number of hydrogen-bond donors (Lipinski definition) is 2. The van der Waals surface area contributed by atoms with E-state index in [4.69, 9.17) is 9.84 Å². The van der Waals surface area contributed by atoms with Crippen LogP contribution in [0.2, 0.25) is 0 Å². The molecule has 0 aromatic carbocycles. The smallest absolute Gasteiger partial charge is 0.167 e. The van der Waals surface area contributed by atoms with Gasteiger partial charge in [-0.05, 0) is 0 Å². The van der Waals surface area contributed by atoms with E-state index in [0.717, 1.165) is 5.65 Å². The number of imidazole rings is 2. The maximum atomic E-state index is 9.81. The van der Waals surface area contributed by atoms with Crippen LogP contribution < -0.4 is 0 Å². The molecule has 1 unspecified atom stereocenters. The molecule has 3 aromatic rings. The number of aliphatic hydroxyl groups excluding tert-OH is 2. The zero-order valence-corrected chi connectivity index (χ0v) is 10.5. The van der Waals surface area contributed by atoms with Crippen molar-refractivity contribution in [3.8, 4) is 0 Å². The van der Waals surface area contributed by atoms with E-state index in [1.54, 1.807) is 34.0 Å². The Kier molecular flexibility index (Phi) is 2.49. The van der Waals surface area contributed by atoms with Crippen LogP contribution in [0.4, 0.5) is 0 Å². The van der Waals surface area contributed by atoms with Crippen LogP contribution in [0.25, 0.3) is 16.8 Å². The highest BCUT2D eigenvalue weighted by molar-refractivity contribution is 5.85. The summed E-state index contributed by atoms with van der Waals surface area (Å²) in [6.07, 6.45) is 5.56. The van der Waals surface area contributed by atoms with Gasteiger partial charge in [0.05, 0.1) is 19.0 Å². The minimum absolute atomic E-state index is 0.206. The second-order valence-corrected chi connectivity index (χ2v) is 4.84. The van der Waals surface area contributed by atoms with E-state index in [-0.39, 0.29) is 12.8 Å². The van der Waals surface area contributed by atoms with Crippen LogP contribution in [0.3, 0.4) is 0 Å². The molecule has 20 heavy (non-hydrogen) atoms. The molecule has 8 nitrogen and oxygen atoms in total. The Labute approximate surface area is 113 Å². The van der Waals surface area contributed by atoms with E-state index >= 15 is 0 Å². The van der Waals surface area contributed by atoms with Crippen LogP contribution in [0.1, 0.15) is 12.6 Å². The van der Waals surface area contributed by atoms with Gasteiger partial charge in [-0.15, -0.1) is 0 Å². The number of nitrogens with zero attached hydrogens (tertiary/aromatic N) is 5. The second kappa shape index (κ2) is 4.23. The van der Waals surface area contributed by atoms with Crippen LogP contribution in [0.15, 0.2) is 25.0 Å². The fraction of sp³-hybridized carbons (Fsp3) is 0.417. The molecule has 8 heteroatoms. The molecule has 0 saturated carbocycles. The standard InChI is InChI=1S/C12H13N5O3/c18-4-8-7(19)3-9(20-8)17-6-14-10-11-13-1-2-16(11)5-15-12(10)17/h1-2,5-9,18-19H,3-4H2/t7-,8?,9-/m1/s1. The van der Waals surface area contributed by atoms with Crippen molar-refractivity contribution in [3.05, 3.63) is 25.0 Å². The highest BCUT2D eigenvalue weighted by Crippen LogP contribution is 2.30. The molecule has 3 aromatic heterocycles. The Morgan fingerprint density at radius 2 is 2.15 bits per heavy atom. The molecule has 1 saturated heterocycles. The van der Waals surface area contributed by atoms with Crippen LogP contribution in [0.5, 0.6) is 0 Å². The number of rotatable bonds is 2. The van der Waals surface area contributed by atoms with Crippen LogP contribution in [-0.4, -0.2) is 52.9 Å². The van der Waals surface area contributed by atoms with Gasteiger partial charge >= 0.3 is 0 Å². The Balaban J connectivity index is 1.81. The first-order valence-corrected chi connectivity index (χ1v) is 6.36. The lowest BCUT2D eigenvalue weighted by Crippen LogP contribution is -2.24. The summed E-state index contributed by atoms with van der Waals surface area (Å²) in [5.74, 6) is 0. The lowest BCUT2D eigenvalue weighted by Gasteiger charge is -2.13. The highest BCUT2D eigenvalue weighted by Gasteiger charge is 2.35. The van der Waals surface area contributed by atoms with Crippen LogP contribution in [-0.2, 0) is 4.74 Å². The minimum Gasteiger partial charge on any atom is -0.394 e. The molecule has 0 bridgehead atoms. The lowest BCUT2D eigenvalue weighted by molar-refractivity contribution is -0.0432. The van der Waals surface area contributed by atoms with Gasteiger partial charge < -0.3 is 14.9 Å². The summed E-state index contributed by atoms with van der Waals surface area (Å²) in [5.41, 5.74) is 2.06. The Hall–Kier alpha value is -2.03. The Bertz CT molecular complexity index is 767. The molecule has 0 amide bonds. The van der Waals surface area contributed by atoms with Gasteiger partial charge in [-0.3, -0.25) is 8.97 Å². The summed E-state index contributed by atoms with van der Waals surface area (Å²) in [4.78, 5) is 12.9. The zero-order chi connectivity index (χ0) is 13.7. The summed E-state index contributed by atoms with van der Waals surface area (Å²) < 4.78 is 9.18. The number of aliphatic hydroxyl groups is 2. The molecule has 4 rings (SSSR count). The largest absolute Gasteiger partial charge is 0.394 e. The molecule has 1 aliphatic rings. The SMILES string of the molecule is OCC1O[C@@H](n2cnc3c2ncn2ccnc32)C[C@H]1O. The van der Waals surface area contributed by atoms with Crippen molar-refractivity contribution in [2.45, 2.75) is 24.9 Å². The molecule has 0 aliphatic carbocycles. The summed E-state index contributed by atoms with van der Waals surface area (Å²) >= 11 is 0. The molecule has 1 fully saturated rings. The monoisotopic (exact) mass is 275 g/mol. The number of hydrogen-bond acceptors (Lipinski definition) is 6. The first-order valence-electron chi connectivity index (χ1n) is 6.36. The molecule has 0 spiro atoms. The quantitative estimate of drug-likeness (QED) is 0.667. The molecule has 104 valence electrons. The van der Waals surface area contributed by atoms with E-state index in [9.17, 15) is 5.11 Å². The number of aromatic nitrogens is 5. The van der Waals surface area contributed by atoms with Gasteiger partial charge in [-0.2, -0.15) is 0 Å². The summed E-state index contributed by atoms with van der Waals surface area (Å²) in [7, 11) is 0. The highest BCUT2D eigenvalue weighted by atomic mass is 16.5. The summed E-state index contributed by atoms with van der Waals surface area (Å²) in [5, 5.41) is 19.0. The van der Waals surface area contributed by atoms with E-state index in [2.05, 4.69) is 15.0 Å². The van der Waals surface area contributed by atoms with Gasteiger partial charge in [0, 0.05) is 18.8 Å². The van der Waals surface area contributed by atoms with E-state index in [0.29, 0.717) is 17.6 Å². The molecular formula is C12H13N5O3. The van der Waals surface area contributed by atoms with Gasteiger partial charge in [0.25, 0.3) is 0 Å². The van der Waals surface area contributed by atoms with Gasteiger partial charge in [-0.25, -0.2) is 15.0 Å². The fourth-order valence-electron chi connectivity index (χ4n) is 2.61. The van der Waals surface area contributed by atoms with Crippen LogP contribution >= 0.6 is 0 Å². The van der Waals surface area contributed by atoms with Gasteiger partial charge in [-0.1, -0.05) is 0 Å². The van der Waals surface area contributed by atoms with Crippen LogP contribution in [0, 0.1) is 0 Å². The summed E-state index contributed by atoms with van der Waals surface area (Å²) in [6.45, 7) is -0.206. The first-order chi connectivity index (χ1) is 9.78. The maximum Gasteiger partial charge on any atom is 0.167 e. The first kappa shape index (κ1) is 11.8. The second-order valence-electron chi connectivity index (χ2n) is 4.84. The third kappa shape index (κ3) is 1.56. The van der Waals surface area contributed by atoms with E-state index in [1.807, 2.05) is 0 Å². The van der Waals surface area contributed by atoms with Gasteiger partial charge in [0.15, 0.2) is 16.8 Å². The summed E-state index contributed by atoms with van der Waals surface area (Å²) in [6, 6.07) is 0. The fourth-order valence-corrected chi connectivity index (χ4v) is 2.61. The number of fused-ring (bicyclic) bond motifs is 3. The van der Waals surface area contributed by atoms with E-state index in [1.165, 1.54) is 0 Å². The van der Waals surface area contributed by atoms with Gasteiger partial charge in [0.1, 0.15) is 18.7 Å². The molecular weight excluding hydrogens is 262 g/mol. The third-order valence-electron chi connectivity index (χ3n) is 3.65. The predicted octanol–water partition coefficient (Wildman–Crippen LogP) is -0.280. The molecule has 1 aliphatic heterocycles. The molecule has 3 atom stereocenters. The maximum absolute atomic E-state index is 9.81. The molecule has 0 radical (unpaired) electrons. The Morgan fingerprint density at radius 1 is 1.25 bits per heavy atom. The van der Waals surface area contributed by atoms with Gasteiger partial charge in [0.2, 0.25) is 0 Å². The van der Waals surface area contributed by atoms with Crippen molar-refractivity contribution in [1.82, 2.24) is 23.9 Å². The minimum atomic E-state index is -0.683. The predicted molar refractivity (Wildman–Crippen MR) is 67.9 cm³/mol. The third-order valence-corrected chi connectivity index (χ3v) is 3.65. The normalized spacial score (nSPS) is 26.8. The number of ether oxygens (including phenoxy) is 1. The van der Waals surface area contributed by atoms with Crippen molar-refractivity contribution in [2.75, 3.05) is 6.61 Å². The zero-order valence-electron chi connectivity index (χ0n) is 10.5. The Morgan fingerprint density at radius 3 is 2.95 bits per heavy atom. The van der Waals surface area contributed by atoms with Crippen molar-refractivity contribution in [1.29, 1.82) is 0 Å². The van der Waals surface area contributed by atoms with Crippen molar-refractivity contribution >= 4 is 16.8 Å². The van der Waals surface area contributed by atoms with Crippen molar-refractivity contribution in [3.63, 3.8) is 0 Å². The van der Waals surface area contributed by atoms with Crippen molar-refractivity contribution in [2.24, 2.45) is 0 Å². The average Bonchev–Trinajstić information content (AvgIpc) is 3.13. The molecule has 4 heterocycles. The average molecular weight is 275 g/mol. The lowest BCUT2D eigenvalue weighted by atomic mass is 10.2. The van der Waals surface area contributed by atoms with E-state index < -0.39 is 12.2 Å².